The van der Waals surface area contributed by atoms with Gasteiger partial charge in [0, 0.05) is 24.7 Å². The highest BCUT2D eigenvalue weighted by atomic mass is 19.3. The summed E-state index contributed by atoms with van der Waals surface area (Å²) in [7, 11) is 2.05. The molecular formula is C13H18F2N2. The second-order valence-electron chi connectivity index (χ2n) is 4.61. The molecule has 2 nitrogen and oxygen atoms in total. The van der Waals surface area contributed by atoms with Crippen LogP contribution in [-0.2, 0) is 6.54 Å². The molecule has 0 aromatic heterocycles. The molecule has 1 aliphatic heterocycles. The first-order valence-electron chi connectivity index (χ1n) is 5.95. The highest BCUT2D eigenvalue weighted by Crippen LogP contribution is 2.20. The van der Waals surface area contributed by atoms with E-state index < -0.39 is 6.43 Å². The Hall–Kier alpha value is -1.00. The number of alkyl halides is 2. The molecule has 1 fully saturated rings. The van der Waals surface area contributed by atoms with Crippen LogP contribution in [0.2, 0.25) is 0 Å². The van der Waals surface area contributed by atoms with Gasteiger partial charge in [-0.25, -0.2) is 8.78 Å². The molecule has 1 atom stereocenters. The zero-order valence-electron chi connectivity index (χ0n) is 10.00. The van der Waals surface area contributed by atoms with Crippen molar-refractivity contribution in [2.75, 3.05) is 20.1 Å². The van der Waals surface area contributed by atoms with Crippen molar-refractivity contribution in [3.05, 3.63) is 35.4 Å². The summed E-state index contributed by atoms with van der Waals surface area (Å²) in [6.07, 6.45) is -1.25. The van der Waals surface area contributed by atoms with Gasteiger partial charge in [-0.05, 0) is 31.6 Å². The second-order valence-corrected chi connectivity index (χ2v) is 4.61. The molecule has 0 radical (unpaired) electrons. The minimum atomic E-state index is -2.38. The Morgan fingerprint density at radius 1 is 1.47 bits per heavy atom. The topological polar surface area (TPSA) is 15.3 Å². The van der Waals surface area contributed by atoms with Gasteiger partial charge in [-0.3, -0.25) is 4.90 Å². The van der Waals surface area contributed by atoms with Crippen LogP contribution in [0.25, 0.3) is 0 Å². The van der Waals surface area contributed by atoms with E-state index in [1.165, 1.54) is 6.07 Å². The maximum Gasteiger partial charge on any atom is 0.263 e. The minimum absolute atomic E-state index is 0.112. The fraction of sp³-hybridized carbons (Fsp3) is 0.538. The Kier molecular flexibility index (Phi) is 4.07. The summed E-state index contributed by atoms with van der Waals surface area (Å²) >= 11 is 0. The third-order valence-corrected chi connectivity index (χ3v) is 3.29. The smallest absolute Gasteiger partial charge is 0.263 e. The Morgan fingerprint density at radius 3 is 2.94 bits per heavy atom. The van der Waals surface area contributed by atoms with Gasteiger partial charge >= 0.3 is 0 Å². The van der Waals surface area contributed by atoms with Crippen molar-refractivity contribution in [2.24, 2.45) is 0 Å². The first kappa shape index (κ1) is 12.5. The molecule has 1 aromatic carbocycles. The van der Waals surface area contributed by atoms with Gasteiger partial charge in [0.25, 0.3) is 6.43 Å². The van der Waals surface area contributed by atoms with Crippen LogP contribution in [0.15, 0.2) is 24.3 Å². The lowest BCUT2D eigenvalue weighted by Gasteiger charge is -2.23. The molecule has 1 unspecified atom stereocenters. The SMILES string of the molecule is CN(Cc1cccc(C(F)F)c1)C1CCNC1. The summed E-state index contributed by atoms with van der Waals surface area (Å²) in [6.45, 7) is 2.77. The van der Waals surface area contributed by atoms with E-state index in [0.29, 0.717) is 6.04 Å². The highest BCUT2D eigenvalue weighted by Gasteiger charge is 2.19. The van der Waals surface area contributed by atoms with Crippen LogP contribution >= 0.6 is 0 Å². The molecule has 1 heterocycles. The van der Waals surface area contributed by atoms with E-state index in [2.05, 4.69) is 10.2 Å². The number of hydrogen-bond donors (Lipinski definition) is 1. The Morgan fingerprint density at radius 2 is 2.29 bits per heavy atom. The van der Waals surface area contributed by atoms with Crippen molar-refractivity contribution in [3.63, 3.8) is 0 Å². The molecule has 1 saturated heterocycles. The molecule has 0 bridgehead atoms. The van der Waals surface area contributed by atoms with Crippen molar-refractivity contribution in [1.29, 1.82) is 0 Å². The third-order valence-electron chi connectivity index (χ3n) is 3.29. The Balaban J connectivity index is 1.99. The summed E-state index contributed by atoms with van der Waals surface area (Å²) in [5, 5.41) is 3.31. The fourth-order valence-corrected chi connectivity index (χ4v) is 2.26. The van der Waals surface area contributed by atoms with E-state index in [1.807, 2.05) is 13.1 Å². The first-order valence-corrected chi connectivity index (χ1v) is 5.95. The van der Waals surface area contributed by atoms with Crippen LogP contribution < -0.4 is 5.32 Å². The lowest BCUT2D eigenvalue weighted by Crippen LogP contribution is -2.32. The largest absolute Gasteiger partial charge is 0.315 e. The standard InChI is InChI=1S/C13H18F2N2/c1-17(12-5-6-16-8-12)9-10-3-2-4-11(7-10)13(14)15/h2-4,7,12-13,16H,5-6,8-9H2,1H3. The molecule has 1 aliphatic rings. The number of rotatable bonds is 4. The van der Waals surface area contributed by atoms with E-state index in [9.17, 15) is 8.78 Å². The van der Waals surface area contributed by atoms with Crippen molar-refractivity contribution < 1.29 is 8.78 Å². The van der Waals surface area contributed by atoms with Crippen molar-refractivity contribution >= 4 is 0 Å². The number of halogens is 2. The van der Waals surface area contributed by atoms with E-state index in [1.54, 1.807) is 12.1 Å². The van der Waals surface area contributed by atoms with E-state index >= 15 is 0 Å². The van der Waals surface area contributed by atoms with Crippen LogP contribution in [0.4, 0.5) is 8.78 Å². The van der Waals surface area contributed by atoms with Gasteiger partial charge in [0.1, 0.15) is 0 Å². The van der Waals surface area contributed by atoms with Crippen LogP contribution in [0.3, 0.4) is 0 Å². The second kappa shape index (κ2) is 5.56. The molecule has 94 valence electrons. The first-order chi connectivity index (χ1) is 8.16. The number of nitrogens with one attached hydrogen (secondary N) is 1. The molecule has 0 spiro atoms. The zero-order valence-corrected chi connectivity index (χ0v) is 10.00. The monoisotopic (exact) mass is 240 g/mol. The molecule has 4 heteroatoms. The van der Waals surface area contributed by atoms with Crippen molar-refractivity contribution in [3.8, 4) is 0 Å². The maximum atomic E-state index is 12.6. The van der Waals surface area contributed by atoms with Crippen LogP contribution in [-0.4, -0.2) is 31.1 Å². The van der Waals surface area contributed by atoms with Gasteiger partial charge in [-0.15, -0.1) is 0 Å². The number of hydrogen-bond acceptors (Lipinski definition) is 2. The molecule has 17 heavy (non-hydrogen) atoms. The number of likely N-dealkylation sites (N-methyl/N-ethyl adjacent to an activating group) is 1. The van der Waals surface area contributed by atoms with Gasteiger partial charge in [0.2, 0.25) is 0 Å². The minimum Gasteiger partial charge on any atom is -0.315 e. The van der Waals surface area contributed by atoms with Gasteiger partial charge in [-0.1, -0.05) is 18.2 Å². The van der Waals surface area contributed by atoms with E-state index in [0.717, 1.165) is 31.6 Å². The summed E-state index contributed by atoms with van der Waals surface area (Å²) in [5.41, 5.74) is 1.07. The molecule has 0 saturated carbocycles. The van der Waals surface area contributed by atoms with Crippen molar-refractivity contribution in [2.45, 2.75) is 25.4 Å². The summed E-state index contributed by atoms with van der Waals surface area (Å²) < 4.78 is 25.1. The Bertz CT molecular complexity index is 362. The number of nitrogens with zero attached hydrogens (tertiary/aromatic N) is 1. The average Bonchev–Trinajstić information content (AvgIpc) is 2.82. The predicted molar refractivity (Wildman–Crippen MR) is 64.1 cm³/mol. The molecular weight excluding hydrogens is 222 g/mol. The summed E-state index contributed by atoms with van der Waals surface area (Å²) in [6, 6.07) is 7.21. The quantitative estimate of drug-likeness (QED) is 0.869. The predicted octanol–water partition coefficient (Wildman–Crippen LogP) is 2.42. The fourth-order valence-electron chi connectivity index (χ4n) is 2.26. The normalized spacial score (nSPS) is 20.4. The Labute approximate surface area is 101 Å². The van der Waals surface area contributed by atoms with Crippen LogP contribution in [0.5, 0.6) is 0 Å². The van der Waals surface area contributed by atoms with E-state index in [4.69, 9.17) is 0 Å². The third kappa shape index (κ3) is 3.23. The lowest BCUT2D eigenvalue weighted by molar-refractivity contribution is 0.151. The van der Waals surface area contributed by atoms with Gasteiger partial charge in [0.15, 0.2) is 0 Å². The van der Waals surface area contributed by atoms with Crippen LogP contribution in [0, 0.1) is 0 Å². The highest BCUT2D eigenvalue weighted by molar-refractivity contribution is 5.24. The molecule has 2 rings (SSSR count). The van der Waals surface area contributed by atoms with Crippen LogP contribution in [0.1, 0.15) is 24.0 Å². The lowest BCUT2D eigenvalue weighted by atomic mass is 10.1. The molecule has 1 aromatic rings. The maximum absolute atomic E-state index is 12.6. The summed E-state index contributed by atoms with van der Waals surface area (Å²) in [4.78, 5) is 2.23. The molecule has 0 aliphatic carbocycles. The zero-order chi connectivity index (χ0) is 12.3. The van der Waals surface area contributed by atoms with Gasteiger partial charge in [0.05, 0.1) is 0 Å². The average molecular weight is 240 g/mol. The van der Waals surface area contributed by atoms with Crippen molar-refractivity contribution in [1.82, 2.24) is 10.2 Å². The molecule has 0 amide bonds. The van der Waals surface area contributed by atoms with E-state index in [-0.39, 0.29) is 5.56 Å². The van der Waals surface area contributed by atoms with Gasteiger partial charge < -0.3 is 5.32 Å². The summed E-state index contributed by atoms with van der Waals surface area (Å²) in [5.74, 6) is 0. The molecule has 1 N–H and O–H groups in total. The number of benzene rings is 1. The van der Waals surface area contributed by atoms with Gasteiger partial charge in [-0.2, -0.15) is 0 Å².